The van der Waals surface area contributed by atoms with Crippen LogP contribution in [0.4, 0.5) is 0 Å². The number of carbonyl (C=O) groups is 2. The Bertz CT molecular complexity index is 162. The fourth-order valence-corrected chi connectivity index (χ4v) is 0.761. The van der Waals surface area contributed by atoms with Crippen LogP contribution in [-0.2, 0) is 9.59 Å². The van der Waals surface area contributed by atoms with Gasteiger partial charge < -0.3 is 15.0 Å². The Hall–Kier alpha value is -1.10. The second-order valence-corrected chi connectivity index (χ2v) is 2.76. The van der Waals surface area contributed by atoms with E-state index in [9.17, 15) is 14.7 Å². The lowest BCUT2D eigenvalue weighted by atomic mass is 10.3. The molecule has 0 amide bonds. The molecule has 1 N–H and O–H groups in total. The Kier molecular flexibility index (Phi) is 4.28. The summed E-state index contributed by atoms with van der Waals surface area (Å²) in [6.45, 7) is 2.84. The van der Waals surface area contributed by atoms with Crippen LogP contribution in [-0.4, -0.2) is 41.1 Å². The molecule has 0 heterocycles. The molecule has 0 aliphatic carbocycles. The predicted molar refractivity (Wildman–Crippen MR) is 39.4 cm³/mol. The van der Waals surface area contributed by atoms with Crippen LogP contribution in [0.2, 0.25) is 0 Å². The van der Waals surface area contributed by atoms with Gasteiger partial charge in [0.15, 0.2) is 0 Å². The molecule has 0 bridgehead atoms. The summed E-state index contributed by atoms with van der Waals surface area (Å²) in [5, 5.41) is 18.5. The van der Waals surface area contributed by atoms with Crippen molar-refractivity contribution in [1.29, 1.82) is 0 Å². The molecule has 0 saturated heterocycles. The van der Waals surface area contributed by atoms with Gasteiger partial charge in [-0.15, -0.1) is 0 Å². The summed E-state index contributed by atoms with van der Waals surface area (Å²) >= 11 is 0. The fourth-order valence-electron chi connectivity index (χ4n) is 0.761. The van der Waals surface area contributed by atoms with Gasteiger partial charge in [-0.05, 0) is 13.8 Å². The molecule has 0 radical (unpaired) electrons. The lowest BCUT2D eigenvalue weighted by Crippen LogP contribution is -2.44. The van der Waals surface area contributed by atoms with E-state index < -0.39 is 11.9 Å². The first-order chi connectivity index (χ1) is 5.43. The molecular formula is C7H12NO4-. The van der Waals surface area contributed by atoms with Crippen LogP contribution >= 0.6 is 0 Å². The van der Waals surface area contributed by atoms with Crippen molar-refractivity contribution in [1.82, 2.24) is 4.90 Å². The van der Waals surface area contributed by atoms with E-state index in [0.29, 0.717) is 0 Å². The number of carboxylic acid groups (broad SMARTS) is 2. The highest BCUT2D eigenvalue weighted by Gasteiger charge is 2.12. The summed E-state index contributed by atoms with van der Waals surface area (Å²) in [7, 11) is 0. The molecule has 0 aromatic heterocycles. The highest BCUT2D eigenvalue weighted by Crippen LogP contribution is 1.95. The molecule has 0 rings (SSSR count). The zero-order valence-electron chi connectivity index (χ0n) is 7.11. The zero-order chi connectivity index (χ0) is 9.72. The molecule has 0 aromatic carbocycles. The second kappa shape index (κ2) is 4.71. The summed E-state index contributed by atoms with van der Waals surface area (Å²) < 4.78 is 0. The molecule has 5 heteroatoms. The number of rotatable bonds is 5. The maximum absolute atomic E-state index is 10.2. The zero-order valence-corrected chi connectivity index (χ0v) is 7.11. The van der Waals surface area contributed by atoms with Crippen LogP contribution < -0.4 is 5.11 Å². The molecular weight excluding hydrogens is 162 g/mol. The van der Waals surface area contributed by atoms with Crippen molar-refractivity contribution >= 4 is 11.9 Å². The van der Waals surface area contributed by atoms with Gasteiger partial charge in [-0.1, -0.05) is 0 Å². The van der Waals surface area contributed by atoms with Gasteiger partial charge in [0.25, 0.3) is 0 Å². The van der Waals surface area contributed by atoms with Crippen LogP contribution in [0.5, 0.6) is 0 Å². The fraction of sp³-hybridized carbons (Fsp3) is 0.714. The first-order valence-corrected chi connectivity index (χ1v) is 3.59. The van der Waals surface area contributed by atoms with E-state index >= 15 is 0 Å². The van der Waals surface area contributed by atoms with Crippen molar-refractivity contribution in [3.63, 3.8) is 0 Å². The van der Waals surface area contributed by atoms with Gasteiger partial charge in [0.2, 0.25) is 0 Å². The lowest BCUT2D eigenvalue weighted by molar-refractivity contribution is -0.306. The van der Waals surface area contributed by atoms with E-state index in [1.54, 1.807) is 13.8 Å². The summed E-state index contributed by atoms with van der Waals surface area (Å²) in [6, 6.07) is -0.112. The maximum atomic E-state index is 10.2. The Morgan fingerprint density at radius 1 is 1.42 bits per heavy atom. The molecule has 0 aromatic rings. The van der Waals surface area contributed by atoms with E-state index in [4.69, 9.17) is 5.11 Å². The highest BCUT2D eigenvalue weighted by atomic mass is 16.4. The van der Waals surface area contributed by atoms with Crippen molar-refractivity contribution in [3.8, 4) is 0 Å². The molecule has 12 heavy (non-hydrogen) atoms. The average Bonchev–Trinajstić information content (AvgIpc) is 1.83. The van der Waals surface area contributed by atoms with Gasteiger partial charge in [0, 0.05) is 12.6 Å². The molecule has 0 saturated carbocycles. The number of carboxylic acids is 2. The molecule has 5 nitrogen and oxygen atoms in total. The number of carbonyl (C=O) groups excluding carboxylic acids is 1. The Morgan fingerprint density at radius 3 is 2.17 bits per heavy atom. The molecule has 0 unspecified atom stereocenters. The number of hydrogen-bond donors (Lipinski definition) is 1. The quantitative estimate of drug-likeness (QED) is 0.550. The van der Waals surface area contributed by atoms with E-state index in [1.165, 1.54) is 4.90 Å². The normalized spacial score (nSPS) is 10.7. The van der Waals surface area contributed by atoms with Crippen molar-refractivity contribution < 1.29 is 19.8 Å². The number of aliphatic carboxylic acids is 2. The van der Waals surface area contributed by atoms with Gasteiger partial charge in [-0.2, -0.15) is 0 Å². The minimum Gasteiger partial charge on any atom is -0.549 e. The van der Waals surface area contributed by atoms with Gasteiger partial charge in [-0.25, -0.2) is 0 Å². The smallest absolute Gasteiger partial charge is 0.317 e. The third-order valence-electron chi connectivity index (χ3n) is 1.40. The van der Waals surface area contributed by atoms with Crippen LogP contribution in [0.25, 0.3) is 0 Å². The SMILES string of the molecule is CC(C)N(CC(=O)[O-])CC(=O)O. The van der Waals surface area contributed by atoms with Crippen molar-refractivity contribution in [2.45, 2.75) is 19.9 Å². The van der Waals surface area contributed by atoms with Crippen molar-refractivity contribution in [2.24, 2.45) is 0 Å². The van der Waals surface area contributed by atoms with E-state index in [-0.39, 0.29) is 19.1 Å². The molecule has 0 atom stereocenters. The minimum atomic E-state index is -1.26. The molecule has 70 valence electrons. The third-order valence-corrected chi connectivity index (χ3v) is 1.40. The standard InChI is InChI=1S/C7H13NO4/c1-5(2)8(3-6(9)10)4-7(11)12/h5H,3-4H2,1-2H3,(H,9,10)(H,11,12)/p-1. The third kappa shape index (κ3) is 4.68. The van der Waals surface area contributed by atoms with E-state index in [0.717, 1.165) is 0 Å². The highest BCUT2D eigenvalue weighted by molar-refractivity contribution is 5.71. The first-order valence-electron chi connectivity index (χ1n) is 3.59. The monoisotopic (exact) mass is 174 g/mol. The number of nitrogens with zero attached hydrogens (tertiary/aromatic N) is 1. The topological polar surface area (TPSA) is 80.7 Å². The first kappa shape index (κ1) is 10.9. The summed E-state index contributed by atoms with van der Waals surface area (Å²) in [4.78, 5) is 21.7. The van der Waals surface area contributed by atoms with Crippen LogP contribution in [0.3, 0.4) is 0 Å². The Labute approximate surface area is 70.6 Å². The van der Waals surface area contributed by atoms with Crippen LogP contribution in [0.15, 0.2) is 0 Å². The predicted octanol–water partition coefficient (Wildman–Crippen LogP) is -1.47. The minimum absolute atomic E-state index is 0.112. The van der Waals surface area contributed by atoms with Crippen molar-refractivity contribution in [3.05, 3.63) is 0 Å². The molecule has 0 aliphatic rings. The average molecular weight is 174 g/mol. The second-order valence-electron chi connectivity index (χ2n) is 2.76. The summed E-state index contributed by atoms with van der Waals surface area (Å²) in [5.74, 6) is -2.30. The van der Waals surface area contributed by atoms with Crippen LogP contribution in [0.1, 0.15) is 13.8 Å². The molecule has 0 fully saturated rings. The van der Waals surface area contributed by atoms with Gasteiger partial charge in [0.05, 0.1) is 12.5 Å². The number of hydrogen-bond acceptors (Lipinski definition) is 4. The van der Waals surface area contributed by atoms with Gasteiger partial charge in [-0.3, -0.25) is 9.69 Å². The Balaban J connectivity index is 4.04. The van der Waals surface area contributed by atoms with E-state index in [2.05, 4.69) is 0 Å². The van der Waals surface area contributed by atoms with Crippen LogP contribution in [0, 0.1) is 0 Å². The maximum Gasteiger partial charge on any atom is 0.317 e. The van der Waals surface area contributed by atoms with Crippen molar-refractivity contribution in [2.75, 3.05) is 13.1 Å². The summed E-state index contributed by atoms with van der Waals surface area (Å²) in [6.07, 6.45) is 0. The molecule has 0 aliphatic heterocycles. The summed E-state index contributed by atoms with van der Waals surface area (Å²) in [5.41, 5.74) is 0. The lowest BCUT2D eigenvalue weighted by Gasteiger charge is -2.24. The molecule has 0 spiro atoms. The largest absolute Gasteiger partial charge is 0.549 e. The Morgan fingerprint density at radius 2 is 1.92 bits per heavy atom. The van der Waals surface area contributed by atoms with Gasteiger partial charge >= 0.3 is 5.97 Å². The van der Waals surface area contributed by atoms with E-state index in [1.807, 2.05) is 0 Å². The van der Waals surface area contributed by atoms with Gasteiger partial charge in [0.1, 0.15) is 0 Å².